The van der Waals surface area contributed by atoms with Gasteiger partial charge in [0.1, 0.15) is 12.3 Å². The summed E-state index contributed by atoms with van der Waals surface area (Å²) in [5.74, 6) is -0.624. The standard InChI is InChI=1S/C15H13ClN2O4/c1-17-13-7-4-11(8-14(13)18(20)21)15(19)22-9-10-2-5-12(16)6-3-10/h2-8,17H,9H2,1H3. The molecule has 2 aromatic carbocycles. The molecule has 0 amide bonds. The van der Waals surface area contributed by atoms with Gasteiger partial charge in [-0.15, -0.1) is 0 Å². The number of rotatable bonds is 5. The second-order valence-electron chi connectivity index (χ2n) is 4.44. The summed E-state index contributed by atoms with van der Waals surface area (Å²) in [6.07, 6.45) is 0. The molecular formula is C15H13ClN2O4. The second kappa shape index (κ2) is 6.91. The molecule has 0 aromatic heterocycles. The van der Waals surface area contributed by atoms with Crippen molar-refractivity contribution in [3.05, 3.63) is 68.7 Å². The lowest BCUT2D eigenvalue weighted by molar-refractivity contribution is -0.384. The molecular weight excluding hydrogens is 308 g/mol. The van der Waals surface area contributed by atoms with Gasteiger partial charge in [-0.3, -0.25) is 10.1 Å². The van der Waals surface area contributed by atoms with Gasteiger partial charge in [-0.05, 0) is 29.8 Å². The minimum atomic E-state index is -0.624. The SMILES string of the molecule is CNc1ccc(C(=O)OCc2ccc(Cl)cc2)cc1[N+](=O)[O-]. The molecule has 2 rings (SSSR count). The molecule has 0 spiro atoms. The number of halogens is 1. The smallest absolute Gasteiger partial charge is 0.338 e. The van der Waals surface area contributed by atoms with Crippen LogP contribution in [0.25, 0.3) is 0 Å². The van der Waals surface area contributed by atoms with Crippen LogP contribution in [0, 0.1) is 10.1 Å². The van der Waals surface area contributed by atoms with E-state index in [1.54, 1.807) is 31.3 Å². The lowest BCUT2D eigenvalue weighted by Crippen LogP contribution is -2.07. The molecule has 0 heterocycles. The van der Waals surface area contributed by atoms with E-state index in [9.17, 15) is 14.9 Å². The minimum absolute atomic E-state index is 0.0670. The third-order valence-electron chi connectivity index (χ3n) is 2.98. The van der Waals surface area contributed by atoms with E-state index in [0.29, 0.717) is 10.7 Å². The number of anilines is 1. The summed E-state index contributed by atoms with van der Waals surface area (Å²) in [4.78, 5) is 22.4. The maximum absolute atomic E-state index is 12.0. The topological polar surface area (TPSA) is 81.5 Å². The van der Waals surface area contributed by atoms with Crippen molar-refractivity contribution in [2.24, 2.45) is 0 Å². The average molecular weight is 321 g/mol. The molecule has 0 saturated carbocycles. The van der Waals surface area contributed by atoms with E-state index in [2.05, 4.69) is 5.32 Å². The van der Waals surface area contributed by atoms with Gasteiger partial charge in [0.2, 0.25) is 0 Å². The molecule has 0 radical (unpaired) electrons. The molecule has 114 valence electrons. The molecule has 0 fully saturated rings. The Morgan fingerprint density at radius 3 is 2.55 bits per heavy atom. The maximum atomic E-state index is 12.0. The molecule has 6 nitrogen and oxygen atoms in total. The fraction of sp³-hybridized carbons (Fsp3) is 0.133. The quantitative estimate of drug-likeness (QED) is 0.516. The van der Waals surface area contributed by atoms with Crippen LogP contribution in [0.5, 0.6) is 0 Å². The Hall–Kier alpha value is -2.60. The monoisotopic (exact) mass is 320 g/mol. The summed E-state index contributed by atoms with van der Waals surface area (Å²) < 4.78 is 5.14. The van der Waals surface area contributed by atoms with Crippen molar-refractivity contribution in [2.45, 2.75) is 6.61 Å². The van der Waals surface area contributed by atoms with E-state index in [-0.39, 0.29) is 17.9 Å². The van der Waals surface area contributed by atoms with Gasteiger partial charge in [0, 0.05) is 18.1 Å². The van der Waals surface area contributed by atoms with Crippen LogP contribution in [0.15, 0.2) is 42.5 Å². The van der Waals surface area contributed by atoms with E-state index < -0.39 is 10.9 Å². The fourth-order valence-corrected chi connectivity index (χ4v) is 1.96. The van der Waals surface area contributed by atoms with Gasteiger partial charge >= 0.3 is 5.97 Å². The summed E-state index contributed by atoms with van der Waals surface area (Å²) in [5, 5.41) is 14.3. The van der Waals surface area contributed by atoms with Crippen LogP contribution in [-0.4, -0.2) is 17.9 Å². The highest BCUT2D eigenvalue weighted by atomic mass is 35.5. The van der Waals surface area contributed by atoms with E-state index in [1.165, 1.54) is 18.2 Å². The van der Waals surface area contributed by atoms with Crippen LogP contribution in [0.3, 0.4) is 0 Å². The van der Waals surface area contributed by atoms with E-state index in [0.717, 1.165) is 5.56 Å². The Morgan fingerprint density at radius 1 is 1.27 bits per heavy atom. The Morgan fingerprint density at radius 2 is 1.95 bits per heavy atom. The van der Waals surface area contributed by atoms with Crippen molar-refractivity contribution in [3.8, 4) is 0 Å². The van der Waals surface area contributed by atoms with Crippen LogP contribution >= 0.6 is 11.6 Å². The number of esters is 1. The normalized spacial score (nSPS) is 10.1. The first-order chi connectivity index (χ1) is 10.5. The number of carbonyl (C=O) groups excluding carboxylic acids is 1. The van der Waals surface area contributed by atoms with Gasteiger partial charge in [0.25, 0.3) is 5.69 Å². The summed E-state index contributed by atoms with van der Waals surface area (Å²) in [6.45, 7) is 0.0670. The number of benzene rings is 2. The number of nitro groups is 1. The van der Waals surface area contributed by atoms with Crippen molar-refractivity contribution in [1.29, 1.82) is 0 Å². The third kappa shape index (κ3) is 3.73. The van der Waals surface area contributed by atoms with Gasteiger partial charge in [-0.1, -0.05) is 23.7 Å². The highest BCUT2D eigenvalue weighted by Gasteiger charge is 2.17. The second-order valence-corrected chi connectivity index (χ2v) is 4.88. The van der Waals surface area contributed by atoms with Crippen LogP contribution in [0.2, 0.25) is 5.02 Å². The van der Waals surface area contributed by atoms with Crippen LogP contribution in [-0.2, 0) is 11.3 Å². The van der Waals surface area contributed by atoms with E-state index in [1.807, 2.05) is 0 Å². The first kappa shape index (κ1) is 15.8. The molecule has 2 aromatic rings. The Bertz CT molecular complexity index is 701. The zero-order chi connectivity index (χ0) is 16.1. The predicted octanol–water partition coefficient (Wildman–Crippen LogP) is 3.65. The fourth-order valence-electron chi connectivity index (χ4n) is 1.83. The Kier molecular flexibility index (Phi) is 4.95. The third-order valence-corrected chi connectivity index (χ3v) is 3.23. The lowest BCUT2D eigenvalue weighted by Gasteiger charge is -2.07. The number of nitrogens with zero attached hydrogens (tertiary/aromatic N) is 1. The van der Waals surface area contributed by atoms with E-state index in [4.69, 9.17) is 16.3 Å². The molecule has 0 aliphatic carbocycles. The summed E-state index contributed by atoms with van der Waals surface area (Å²) in [7, 11) is 1.57. The molecule has 0 unspecified atom stereocenters. The predicted molar refractivity (Wildman–Crippen MR) is 83.2 cm³/mol. The summed E-state index contributed by atoms with van der Waals surface area (Å²) in [6, 6.07) is 11.0. The van der Waals surface area contributed by atoms with Crippen molar-refractivity contribution in [1.82, 2.24) is 0 Å². The van der Waals surface area contributed by atoms with Gasteiger partial charge in [-0.25, -0.2) is 4.79 Å². The number of nitro benzene ring substituents is 1. The summed E-state index contributed by atoms with van der Waals surface area (Å²) >= 11 is 5.77. The molecule has 1 N–H and O–H groups in total. The highest BCUT2D eigenvalue weighted by molar-refractivity contribution is 6.30. The molecule has 22 heavy (non-hydrogen) atoms. The van der Waals surface area contributed by atoms with Crippen LogP contribution in [0.1, 0.15) is 15.9 Å². The zero-order valence-corrected chi connectivity index (χ0v) is 12.5. The van der Waals surface area contributed by atoms with Crippen molar-refractivity contribution in [3.63, 3.8) is 0 Å². The average Bonchev–Trinajstić information content (AvgIpc) is 2.53. The number of nitrogens with one attached hydrogen (secondary N) is 1. The number of carbonyl (C=O) groups is 1. The molecule has 0 atom stereocenters. The van der Waals surface area contributed by atoms with Gasteiger partial charge < -0.3 is 10.1 Å². The number of hydrogen-bond donors (Lipinski definition) is 1. The molecule has 0 aliphatic rings. The van der Waals surface area contributed by atoms with Crippen molar-refractivity contribution in [2.75, 3.05) is 12.4 Å². The maximum Gasteiger partial charge on any atom is 0.338 e. The highest BCUT2D eigenvalue weighted by Crippen LogP contribution is 2.25. The van der Waals surface area contributed by atoms with Gasteiger partial charge in [0.05, 0.1) is 10.5 Å². The summed E-state index contributed by atoms with van der Waals surface area (Å²) in [5.41, 5.74) is 1.06. The number of hydrogen-bond acceptors (Lipinski definition) is 5. The van der Waals surface area contributed by atoms with E-state index >= 15 is 0 Å². The number of ether oxygens (including phenoxy) is 1. The Labute approximate surface area is 131 Å². The van der Waals surface area contributed by atoms with Crippen molar-refractivity contribution >= 4 is 28.9 Å². The first-order valence-corrected chi connectivity index (χ1v) is 6.77. The molecule has 7 heteroatoms. The largest absolute Gasteiger partial charge is 0.457 e. The minimum Gasteiger partial charge on any atom is -0.457 e. The van der Waals surface area contributed by atoms with Gasteiger partial charge in [0.15, 0.2) is 0 Å². The van der Waals surface area contributed by atoms with Crippen molar-refractivity contribution < 1.29 is 14.5 Å². The van der Waals surface area contributed by atoms with Crippen LogP contribution in [0.4, 0.5) is 11.4 Å². The van der Waals surface area contributed by atoms with Gasteiger partial charge in [-0.2, -0.15) is 0 Å². The molecule has 0 bridgehead atoms. The molecule has 0 aliphatic heterocycles. The first-order valence-electron chi connectivity index (χ1n) is 6.39. The zero-order valence-electron chi connectivity index (χ0n) is 11.7. The lowest BCUT2D eigenvalue weighted by atomic mass is 10.1. The van der Waals surface area contributed by atoms with Crippen LogP contribution < -0.4 is 5.32 Å². The Balaban J connectivity index is 2.10. The molecule has 0 saturated heterocycles.